The third kappa shape index (κ3) is 4.36. The molecule has 0 amide bonds. The summed E-state index contributed by atoms with van der Waals surface area (Å²) in [5, 5.41) is 4.46. The summed E-state index contributed by atoms with van der Waals surface area (Å²) in [7, 11) is 0. The number of likely N-dealkylation sites (tertiary alicyclic amines) is 1. The van der Waals surface area contributed by atoms with Crippen LogP contribution in [0.4, 0.5) is 0 Å². The molecule has 3 heterocycles. The van der Waals surface area contributed by atoms with Gasteiger partial charge in [0.15, 0.2) is 0 Å². The Balaban J connectivity index is 1.73. The lowest BCUT2D eigenvalue weighted by Gasteiger charge is -2.38. The molecule has 0 unspecified atom stereocenters. The van der Waals surface area contributed by atoms with Crippen LogP contribution in [0, 0.1) is 12.3 Å². The van der Waals surface area contributed by atoms with Gasteiger partial charge in [-0.25, -0.2) is 0 Å². The Morgan fingerprint density at radius 2 is 2.15 bits per heavy atom. The van der Waals surface area contributed by atoms with Crippen LogP contribution < -0.4 is 0 Å². The van der Waals surface area contributed by atoms with E-state index in [9.17, 15) is 0 Å². The van der Waals surface area contributed by atoms with Gasteiger partial charge in [0.2, 0.25) is 0 Å². The lowest BCUT2D eigenvalue weighted by molar-refractivity contribution is 0.0385. The molecule has 1 atom stereocenters. The molecular formula is C22H32N2OS. The summed E-state index contributed by atoms with van der Waals surface area (Å²) in [5.74, 6) is 0. The molecule has 2 aromatic heterocycles. The molecule has 0 spiro atoms. The van der Waals surface area contributed by atoms with Gasteiger partial charge in [0.05, 0.1) is 6.61 Å². The number of hydrogen-bond acceptors (Lipinski definition) is 4. The number of hydrogen-bond donors (Lipinski definition) is 0. The molecule has 0 saturated carbocycles. The molecule has 142 valence electrons. The van der Waals surface area contributed by atoms with Gasteiger partial charge < -0.3 is 4.74 Å². The third-order valence-corrected chi connectivity index (χ3v) is 6.72. The molecule has 3 rings (SSSR count). The zero-order valence-electron chi connectivity index (χ0n) is 16.6. The van der Waals surface area contributed by atoms with Crippen molar-refractivity contribution in [1.82, 2.24) is 9.88 Å². The largest absolute Gasteiger partial charge is 0.381 e. The first kappa shape index (κ1) is 19.5. The van der Waals surface area contributed by atoms with Crippen molar-refractivity contribution in [2.45, 2.75) is 52.5 Å². The normalized spacial score (nSPS) is 21.4. The Kier molecular flexibility index (Phi) is 6.16. The van der Waals surface area contributed by atoms with Crippen LogP contribution in [0.15, 0.2) is 35.2 Å². The van der Waals surface area contributed by atoms with Crippen molar-refractivity contribution in [2.75, 3.05) is 26.3 Å². The maximum atomic E-state index is 5.94. The first-order chi connectivity index (χ1) is 12.5. The second-order valence-corrected chi connectivity index (χ2v) is 8.97. The smallest absolute Gasteiger partial charge is 0.0535 e. The number of pyridine rings is 1. The van der Waals surface area contributed by atoms with Gasteiger partial charge in [0, 0.05) is 36.0 Å². The summed E-state index contributed by atoms with van der Waals surface area (Å²) in [6.07, 6.45) is 5.60. The summed E-state index contributed by atoms with van der Waals surface area (Å²) >= 11 is 1.79. The van der Waals surface area contributed by atoms with Crippen LogP contribution in [0.1, 0.15) is 50.4 Å². The van der Waals surface area contributed by atoms with Gasteiger partial charge in [-0.15, -0.1) is 0 Å². The number of rotatable bonds is 8. The van der Waals surface area contributed by atoms with E-state index < -0.39 is 0 Å². The molecule has 4 heteroatoms. The van der Waals surface area contributed by atoms with Crippen LogP contribution in [-0.2, 0) is 16.7 Å². The fourth-order valence-corrected chi connectivity index (χ4v) is 4.68. The Morgan fingerprint density at radius 3 is 2.81 bits per heavy atom. The first-order valence-corrected chi connectivity index (χ1v) is 10.7. The standard InChI is InChI=1S/C22H32N2OS/c1-5-25-17-22(10-8-19-9-13-26-15-19)11-12-24(16-22)21(3,4)20-7-6-18(2)23-14-20/h6-7,9,13-15H,5,8,10-12,16-17H2,1-4H3/t22-/m0/s1. The van der Waals surface area contributed by atoms with E-state index in [1.54, 1.807) is 11.3 Å². The van der Waals surface area contributed by atoms with E-state index in [-0.39, 0.29) is 11.0 Å². The van der Waals surface area contributed by atoms with E-state index in [0.717, 1.165) is 38.4 Å². The lowest BCUT2D eigenvalue weighted by atomic mass is 9.82. The van der Waals surface area contributed by atoms with Crippen molar-refractivity contribution in [3.05, 3.63) is 52.0 Å². The van der Waals surface area contributed by atoms with Crippen molar-refractivity contribution in [2.24, 2.45) is 5.41 Å². The second-order valence-electron chi connectivity index (χ2n) is 8.19. The molecule has 0 aliphatic carbocycles. The summed E-state index contributed by atoms with van der Waals surface area (Å²) in [6.45, 7) is 12.7. The molecule has 0 radical (unpaired) electrons. The molecular weight excluding hydrogens is 340 g/mol. The lowest BCUT2D eigenvalue weighted by Crippen LogP contribution is -2.42. The van der Waals surface area contributed by atoms with Gasteiger partial charge >= 0.3 is 0 Å². The number of ether oxygens (including phenoxy) is 1. The van der Waals surface area contributed by atoms with Gasteiger partial charge in [-0.2, -0.15) is 11.3 Å². The van der Waals surface area contributed by atoms with Gasteiger partial charge in [0.1, 0.15) is 0 Å². The van der Waals surface area contributed by atoms with Gasteiger partial charge in [-0.3, -0.25) is 9.88 Å². The van der Waals surface area contributed by atoms with Crippen LogP contribution >= 0.6 is 11.3 Å². The predicted octanol–water partition coefficient (Wildman–Crippen LogP) is 5.05. The summed E-state index contributed by atoms with van der Waals surface area (Å²) < 4.78 is 5.94. The van der Waals surface area contributed by atoms with E-state index >= 15 is 0 Å². The summed E-state index contributed by atoms with van der Waals surface area (Å²) in [5.41, 5.74) is 4.09. The Bertz CT molecular complexity index is 681. The maximum Gasteiger partial charge on any atom is 0.0535 e. The average Bonchev–Trinajstić information content (AvgIpc) is 3.29. The first-order valence-electron chi connectivity index (χ1n) is 9.72. The Hall–Kier alpha value is -1.23. The highest BCUT2D eigenvalue weighted by Crippen LogP contribution is 2.41. The van der Waals surface area contributed by atoms with E-state index in [1.807, 2.05) is 13.1 Å². The van der Waals surface area contributed by atoms with Crippen molar-refractivity contribution in [3.8, 4) is 0 Å². The number of aryl methyl sites for hydroxylation is 2. The summed E-state index contributed by atoms with van der Waals surface area (Å²) in [4.78, 5) is 7.15. The topological polar surface area (TPSA) is 25.4 Å². The van der Waals surface area contributed by atoms with Gasteiger partial charge in [0.25, 0.3) is 0 Å². The Morgan fingerprint density at radius 1 is 1.31 bits per heavy atom. The maximum absolute atomic E-state index is 5.94. The molecule has 26 heavy (non-hydrogen) atoms. The molecule has 1 aliphatic rings. The highest BCUT2D eigenvalue weighted by atomic mass is 32.1. The molecule has 3 nitrogen and oxygen atoms in total. The minimum absolute atomic E-state index is 0.00293. The molecule has 0 bridgehead atoms. The van der Waals surface area contributed by atoms with Gasteiger partial charge in [-0.05, 0) is 87.5 Å². The van der Waals surface area contributed by atoms with E-state index in [4.69, 9.17) is 4.74 Å². The van der Waals surface area contributed by atoms with Crippen LogP contribution in [0.25, 0.3) is 0 Å². The van der Waals surface area contributed by atoms with Crippen LogP contribution in [-0.4, -0.2) is 36.2 Å². The molecule has 1 saturated heterocycles. The van der Waals surface area contributed by atoms with E-state index in [2.05, 4.69) is 59.6 Å². The monoisotopic (exact) mass is 372 g/mol. The van der Waals surface area contributed by atoms with Crippen LogP contribution in [0.3, 0.4) is 0 Å². The number of aromatic nitrogens is 1. The van der Waals surface area contributed by atoms with E-state index in [1.165, 1.54) is 24.0 Å². The Labute approximate surface area is 162 Å². The fraction of sp³-hybridized carbons (Fsp3) is 0.591. The average molecular weight is 373 g/mol. The SMILES string of the molecule is CCOC[C@@]1(CCc2ccsc2)CCN(C(C)(C)c2ccc(C)nc2)C1. The van der Waals surface area contributed by atoms with Gasteiger partial charge in [-0.1, -0.05) is 6.07 Å². The third-order valence-electron chi connectivity index (χ3n) is 5.98. The second kappa shape index (κ2) is 8.20. The van der Waals surface area contributed by atoms with Crippen molar-refractivity contribution >= 4 is 11.3 Å². The molecule has 1 fully saturated rings. The summed E-state index contributed by atoms with van der Waals surface area (Å²) in [6, 6.07) is 6.61. The number of nitrogens with zero attached hydrogens (tertiary/aromatic N) is 2. The minimum Gasteiger partial charge on any atom is -0.381 e. The highest BCUT2D eigenvalue weighted by molar-refractivity contribution is 7.07. The highest BCUT2D eigenvalue weighted by Gasteiger charge is 2.43. The molecule has 2 aromatic rings. The molecule has 0 N–H and O–H groups in total. The van der Waals surface area contributed by atoms with Crippen LogP contribution in [0.2, 0.25) is 0 Å². The van der Waals surface area contributed by atoms with Crippen molar-refractivity contribution in [3.63, 3.8) is 0 Å². The fourth-order valence-electron chi connectivity index (χ4n) is 3.98. The minimum atomic E-state index is -0.00293. The quantitative estimate of drug-likeness (QED) is 0.648. The zero-order valence-corrected chi connectivity index (χ0v) is 17.4. The van der Waals surface area contributed by atoms with Crippen LogP contribution in [0.5, 0.6) is 0 Å². The van der Waals surface area contributed by atoms with Crippen molar-refractivity contribution in [1.29, 1.82) is 0 Å². The molecule has 0 aromatic carbocycles. The zero-order chi connectivity index (χ0) is 18.6. The molecule has 1 aliphatic heterocycles. The van der Waals surface area contributed by atoms with Crippen molar-refractivity contribution < 1.29 is 4.74 Å². The number of thiophene rings is 1. The predicted molar refractivity (Wildman–Crippen MR) is 110 cm³/mol. The van der Waals surface area contributed by atoms with E-state index in [0.29, 0.717) is 0 Å².